The Hall–Kier alpha value is -0.643. The van der Waals surface area contributed by atoms with Crippen molar-refractivity contribution in [2.45, 2.75) is 58.7 Å². The monoisotopic (exact) mass is 230 g/mol. The predicted molar refractivity (Wildman–Crippen MR) is 63.2 cm³/mol. The molecule has 0 bridgehead atoms. The second-order valence-electron chi connectivity index (χ2n) is 4.85. The predicted octanol–water partition coefficient (Wildman–Crippen LogP) is 2.90. The number of rotatable bonds is 7. The van der Waals surface area contributed by atoms with Gasteiger partial charge in [0, 0.05) is 12.8 Å². The van der Waals surface area contributed by atoms with E-state index in [4.69, 9.17) is 4.43 Å². The Morgan fingerprint density at radius 3 is 2.00 bits per heavy atom. The molecule has 0 aliphatic rings. The summed E-state index contributed by atoms with van der Waals surface area (Å²) in [5.74, 6) is 0.136. The molecular formula is C11H22O3Si. The molecular weight excluding hydrogens is 208 g/mol. The molecule has 15 heavy (non-hydrogen) atoms. The fourth-order valence-electron chi connectivity index (χ4n) is 1.21. The molecule has 0 fully saturated rings. The molecule has 0 heterocycles. The number of hydrogen-bond acceptors (Lipinski definition) is 3. The summed E-state index contributed by atoms with van der Waals surface area (Å²) in [5.41, 5.74) is 0. The van der Waals surface area contributed by atoms with Gasteiger partial charge in [0.05, 0.1) is 0 Å². The van der Waals surface area contributed by atoms with Crippen molar-refractivity contribution < 1.29 is 14.0 Å². The lowest BCUT2D eigenvalue weighted by atomic mass is 10.1. The molecule has 0 unspecified atom stereocenters. The standard InChI is InChI=1S/C11H22O3Si/c1-10(12)8-6-5-7-9-11(13)14-15(2,3)4/h5-9H2,1-4H3. The maximum atomic E-state index is 11.3. The first-order valence-electron chi connectivity index (χ1n) is 5.52. The molecule has 0 radical (unpaired) electrons. The summed E-state index contributed by atoms with van der Waals surface area (Å²) in [6.07, 6.45) is 3.76. The zero-order valence-electron chi connectivity index (χ0n) is 10.3. The maximum Gasteiger partial charge on any atom is 0.292 e. The van der Waals surface area contributed by atoms with Crippen LogP contribution in [0.25, 0.3) is 0 Å². The molecule has 0 aromatic heterocycles. The van der Waals surface area contributed by atoms with Crippen molar-refractivity contribution in [3.8, 4) is 0 Å². The van der Waals surface area contributed by atoms with E-state index in [2.05, 4.69) is 0 Å². The highest BCUT2D eigenvalue weighted by molar-refractivity contribution is 6.71. The number of ketones is 1. The molecule has 0 aliphatic carbocycles. The summed E-state index contributed by atoms with van der Waals surface area (Å²) in [7, 11) is -1.71. The second kappa shape index (κ2) is 6.77. The van der Waals surface area contributed by atoms with Crippen LogP contribution in [-0.2, 0) is 14.0 Å². The number of carbonyl (C=O) groups excluding carboxylic acids is 2. The van der Waals surface area contributed by atoms with Crippen LogP contribution in [0, 0.1) is 0 Å². The quantitative estimate of drug-likeness (QED) is 0.499. The third kappa shape index (κ3) is 11.3. The molecule has 0 amide bonds. The summed E-state index contributed by atoms with van der Waals surface area (Å²) in [5, 5.41) is 0. The van der Waals surface area contributed by atoms with Crippen LogP contribution in [0.3, 0.4) is 0 Å². The van der Waals surface area contributed by atoms with Crippen LogP contribution in [0.1, 0.15) is 39.0 Å². The molecule has 0 spiro atoms. The Balaban J connectivity index is 3.44. The van der Waals surface area contributed by atoms with Gasteiger partial charge in [0.25, 0.3) is 5.97 Å². The average molecular weight is 230 g/mol. The lowest BCUT2D eigenvalue weighted by Gasteiger charge is -2.17. The summed E-state index contributed by atoms with van der Waals surface area (Å²) >= 11 is 0. The lowest BCUT2D eigenvalue weighted by molar-refractivity contribution is -0.135. The van der Waals surface area contributed by atoms with Gasteiger partial charge in [0.15, 0.2) is 0 Å². The fourth-order valence-corrected chi connectivity index (χ4v) is 2.00. The Kier molecular flexibility index (Phi) is 6.48. The van der Waals surface area contributed by atoms with Gasteiger partial charge in [-0.2, -0.15) is 0 Å². The van der Waals surface area contributed by atoms with E-state index in [-0.39, 0.29) is 11.8 Å². The minimum absolute atomic E-state index is 0.0861. The molecule has 0 N–H and O–H groups in total. The van der Waals surface area contributed by atoms with Crippen LogP contribution in [0.5, 0.6) is 0 Å². The number of hydrogen-bond donors (Lipinski definition) is 0. The minimum Gasteiger partial charge on any atom is -0.520 e. The Morgan fingerprint density at radius 1 is 1.00 bits per heavy atom. The van der Waals surface area contributed by atoms with Gasteiger partial charge in [-0.05, 0) is 39.4 Å². The van der Waals surface area contributed by atoms with Crippen LogP contribution in [0.15, 0.2) is 0 Å². The molecule has 0 atom stereocenters. The van der Waals surface area contributed by atoms with E-state index in [1.165, 1.54) is 0 Å². The van der Waals surface area contributed by atoms with Crippen LogP contribution < -0.4 is 0 Å². The summed E-state index contributed by atoms with van der Waals surface area (Å²) < 4.78 is 5.30. The normalized spacial score (nSPS) is 11.2. The first-order valence-corrected chi connectivity index (χ1v) is 8.93. The highest BCUT2D eigenvalue weighted by Gasteiger charge is 2.19. The zero-order chi connectivity index (χ0) is 11.9. The molecule has 0 saturated carbocycles. The molecule has 3 nitrogen and oxygen atoms in total. The number of carbonyl (C=O) groups is 2. The van der Waals surface area contributed by atoms with E-state index in [0.717, 1.165) is 19.3 Å². The lowest BCUT2D eigenvalue weighted by Crippen LogP contribution is -2.28. The van der Waals surface area contributed by atoms with Crippen molar-refractivity contribution in [2.75, 3.05) is 0 Å². The Morgan fingerprint density at radius 2 is 1.53 bits per heavy atom. The SMILES string of the molecule is CC(=O)CCCCCC(=O)O[Si](C)(C)C. The molecule has 0 aromatic carbocycles. The van der Waals surface area contributed by atoms with Crippen LogP contribution in [0.4, 0.5) is 0 Å². The van der Waals surface area contributed by atoms with Gasteiger partial charge < -0.3 is 9.22 Å². The summed E-state index contributed by atoms with van der Waals surface area (Å²) in [6.45, 7) is 7.60. The highest BCUT2D eigenvalue weighted by Crippen LogP contribution is 2.08. The van der Waals surface area contributed by atoms with E-state index in [9.17, 15) is 9.59 Å². The van der Waals surface area contributed by atoms with E-state index in [1.807, 2.05) is 19.6 Å². The van der Waals surface area contributed by atoms with Crippen molar-refractivity contribution >= 4 is 20.1 Å². The van der Waals surface area contributed by atoms with Gasteiger partial charge >= 0.3 is 0 Å². The van der Waals surface area contributed by atoms with Crippen molar-refractivity contribution in [3.63, 3.8) is 0 Å². The molecule has 0 rings (SSSR count). The average Bonchev–Trinajstić information content (AvgIpc) is 1.99. The van der Waals surface area contributed by atoms with Gasteiger partial charge in [-0.3, -0.25) is 4.79 Å². The maximum absolute atomic E-state index is 11.3. The molecule has 0 aliphatic heterocycles. The van der Waals surface area contributed by atoms with E-state index in [1.54, 1.807) is 6.92 Å². The highest BCUT2D eigenvalue weighted by atomic mass is 28.4. The number of Topliss-reactive ketones (excluding diaryl/α,β-unsaturated/α-hetero) is 1. The largest absolute Gasteiger partial charge is 0.520 e. The van der Waals surface area contributed by atoms with Crippen molar-refractivity contribution in [2.24, 2.45) is 0 Å². The van der Waals surface area contributed by atoms with Crippen molar-refractivity contribution in [1.29, 1.82) is 0 Å². The molecule has 0 aromatic rings. The summed E-state index contributed by atoms with van der Waals surface area (Å²) in [4.78, 5) is 21.9. The Labute approximate surface area is 93.3 Å². The van der Waals surface area contributed by atoms with Gasteiger partial charge in [-0.25, -0.2) is 0 Å². The van der Waals surface area contributed by atoms with Crippen molar-refractivity contribution in [1.82, 2.24) is 0 Å². The van der Waals surface area contributed by atoms with Crippen LogP contribution in [0.2, 0.25) is 19.6 Å². The van der Waals surface area contributed by atoms with Crippen molar-refractivity contribution in [3.05, 3.63) is 0 Å². The van der Waals surface area contributed by atoms with Gasteiger partial charge in [0.1, 0.15) is 5.78 Å². The first-order chi connectivity index (χ1) is 6.81. The smallest absolute Gasteiger partial charge is 0.292 e. The third-order valence-corrected chi connectivity index (χ3v) is 2.67. The van der Waals surface area contributed by atoms with Crippen LogP contribution in [-0.4, -0.2) is 20.1 Å². The first kappa shape index (κ1) is 14.4. The summed E-state index contributed by atoms with van der Waals surface area (Å²) in [6, 6.07) is 0. The second-order valence-corrected chi connectivity index (χ2v) is 9.28. The third-order valence-electron chi connectivity index (χ3n) is 1.83. The van der Waals surface area contributed by atoms with E-state index >= 15 is 0 Å². The van der Waals surface area contributed by atoms with Gasteiger partial charge in [-0.1, -0.05) is 6.42 Å². The fraction of sp³-hybridized carbons (Fsp3) is 0.818. The van der Waals surface area contributed by atoms with Crippen LogP contribution >= 0.6 is 0 Å². The minimum atomic E-state index is -1.71. The van der Waals surface area contributed by atoms with E-state index in [0.29, 0.717) is 12.8 Å². The van der Waals surface area contributed by atoms with Gasteiger partial charge in [-0.15, -0.1) is 0 Å². The zero-order valence-corrected chi connectivity index (χ0v) is 11.3. The van der Waals surface area contributed by atoms with Gasteiger partial charge in [0.2, 0.25) is 8.32 Å². The molecule has 4 heteroatoms. The van der Waals surface area contributed by atoms with E-state index < -0.39 is 8.32 Å². The number of unbranched alkanes of at least 4 members (excludes halogenated alkanes) is 2. The topological polar surface area (TPSA) is 43.4 Å². The Bertz CT molecular complexity index is 218. The molecule has 0 saturated heterocycles. The molecule has 88 valence electrons.